The zero-order valence-electron chi connectivity index (χ0n) is 16.9. The van der Waals surface area contributed by atoms with Crippen LogP contribution < -0.4 is 16.0 Å². The van der Waals surface area contributed by atoms with Crippen LogP contribution in [0, 0.1) is 6.92 Å². The summed E-state index contributed by atoms with van der Waals surface area (Å²) in [7, 11) is 1.63. The van der Waals surface area contributed by atoms with E-state index in [0.29, 0.717) is 12.1 Å². The van der Waals surface area contributed by atoms with Crippen molar-refractivity contribution < 1.29 is 4.79 Å². The predicted molar refractivity (Wildman–Crippen MR) is 127 cm³/mol. The van der Waals surface area contributed by atoms with Gasteiger partial charge < -0.3 is 16.0 Å². The third-order valence-electron chi connectivity index (χ3n) is 4.27. The minimum atomic E-state index is -0.0771. The summed E-state index contributed by atoms with van der Waals surface area (Å²) in [4.78, 5) is 16.3. The molecule has 0 bridgehead atoms. The SMILES string of the molecule is CCCCNC(=NCc1ccc(C(=O)NC)cc1)NCc1ccc(C)cc1.I. The van der Waals surface area contributed by atoms with Crippen molar-refractivity contribution in [3.8, 4) is 0 Å². The largest absolute Gasteiger partial charge is 0.356 e. The molecule has 2 rings (SSSR count). The molecule has 2 aromatic rings. The number of nitrogens with one attached hydrogen (secondary N) is 3. The Morgan fingerprint density at radius 3 is 2.21 bits per heavy atom. The molecular formula is C22H31IN4O. The Morgan fingerprint density at radius 1 is 0.964 bits per heavy atom. The maximum atomic E-state index is 11.6. The normalized spacial score (nSPS) is 10.8. The molecule has 5 nitrogen and oxygen atoms in total. The van der Waals surface area contributed by atoms with E-state index in [0.717, 1.165) is 37.5 Å². The smallest absolute Gasteiger partial charge is 0.251 e. The average Bonchev–Trinajstić information content (AvgIpc) is 2.70. The zero-order valence-corrected chi connectivity index (χ0v) is 19.2. The fourth-order valence-electron chi connectivity index (χ4n) is 2.53. The van der Waals surface area contributed by atoms with Gasteiger partial charge in [-0.05, 0) is 36.6 Å². The van der Waals surface area contributed by atoms with E-state index in [1.807, 2.05) is 24.3 Å². The quantitative estimate of drug-likeness (QED) is 0.225. The highest BCUT2D eigenvalue weighted by Gasteiger charge is 2.03. The maximum absolute atomic E-state index is 11.6. The molecule has 0 aromatic heterocycles. The summed E-state index contributed by atoms with van der Waals surface area (Å²) in [6.45, 7) is 6.45. The first-order valence-electron chi connectivity index (χ1n) is 9.51. The summed E-state index contributed by atoms with van der Waals surface area (Å²) in [6.07, 6.45) is 2.24. The summed E-state index contributed by atoms with van der Waals surface area (Å²) in [6, 6.07) is 16.0. The van der Waals surface area contributed by atoms with Crippen LogP contribution in [0.15, 0.2) is 53.5 Å². The molecule has 0 aliphatic carbocycles. The first-order valence-corrected chi connectivity index (χ1v) is 9.51. The molecule has 3 N–H and O–H groups in total. The van der Waals surface area contributed by atoms with Crippen molar-refractivity contribution in [3.05, 3.63) is 70.8 Å². The molecule has 0 saturated carbocycles. The van der Waals surface area contributed by atoms with Gasteiger partial charge >= 0.3 is 0 Å². The van der Waals surface area contributed by atoms with E-state index in [1.54, 1.807) is 7.05 Å². The topological polar surface area (TPSA) is 65.5 Å². The van der Waals surface area contributed by atoms with Gasteiger partial charge in [0.1, 0.15) is 0 Å². The van der Waals surface area contributed by atoms with Crippen LogP contribution in [0.3, 0.4) is 0 Å². The predicted octanol–water partition coefficient (Wildman–Crippen LogP) is 4.01. The van der Waals surface area contributed by atoms with E-state index >= 15 is 0 Å². The highest BCUT2D eigenvalue weighted by molar-refractivity contribution is 14.0. The molecule has 0 radical (unpaired) electrons. The Morgan fingerprint density at radius 2 is 1.61 bits per heavy atom. The lowest BCUT2D eigenvalue weighted by Crippen LogP contribution is -2.37. The molecule has 0 atom stereocenters. The van der Waals surface area contributed by atoms with Crippen molar-refractivity contribution in [1.29, 1.82) is 0 Å². The lowest BCUT2D eigenvalue weighted by Gasteiger charge is -2.13. The number of guanidine groups is 1. The molecule has 0 unspecified atom stereocenters. The lowest BCUT2D eigenvalue weighted by atomic mass is 10.1. The summed E-state index contributed by atoms with van der Waals surface area (Å²) in [5.74, 6) is 0.728. The van der Waals surface area contributed by atoms with E-state index in [2.05, 4.69) is 59.1 Å². The average molecular weight is 494 g/mol. The standard InChI is InChI=1S/C22H30N4O.HI/c1-4-5-14-24-22(25-15-18-8-6-17(2)7-9-18)26-16-19-10-12-20(13-11-19)21(27)23-3;/h6-13H,4-5,14-16H2,1-3H3,(H,23,27)(H2,24,25,26);1H. The van der Waals surface area contributed by atoms with Crippen LogP contribution in [0.25, 0.3) is 0 Å². The molecule has 0 aliphatic heterocycles. The van der Waals surface area contributed by atoms with Crippen molar-refractivity contribution in [2.24, 2.45) is 4.99 Å². The molecule has 0 saturated heterocycles. The van der Waals surface area contributed by atoms with Crippen LogP contribution in [0.5, 0.6) is 0 Å². The fourth-order valence-corrected chi connectivity index (χ4v) is 2.53. The third-order valence-corrected chi connectivity index (χ3v) is 4.27. The number of rotatable bonds is 8. The number of hydrogen-bond donors (Lipinski definition) is 3. The molecule has 0 heterocycles. The highest BCUT2D eigenvalue weighted by Crippen LogP contribution is 2.06. The van der Waals surface area contributed by atoms with Crippen LogP contribution in [0.1, 0.15) is 46.8 Å². The van der Waals surface area contributed by atoms with Gasteiger partial charge in [0.05, 0.1) is 6.54 Å². The first kappa shape index (κ1) is 23.9. The number of benzene rings is 2. The third kappa shape index (κ3) is 8.29. The van der Waals surface area contributed by atoms with E-state index in [4.69, 9.17) is 0 Å². The van der Waals surface area contributed by atoms with Crippen molar-refractivity contribution in [2.75, 3.05) is 13.6 Å². The molecule has 152 valence electrons. The second-order valence-electron chi connectivity index (χ2n) is 6.56. The zero-order chi connectivity index (χ0) is 19.5. The summed E-state index contributed by atoms with van der Waals surface area (Å²) in [5.41, 5.74) is 4.20. The van der Waals surface area contributed by atoms with Gasteiger partial charge in [0.25, 0.3) is 5.91 Å². The summed E-state index contributed by atoms with van der Waals surface area (Å²) < 4.78 is 0. The van der Waals surface area contributed by atoms with E-state index in [1.165, 1.54) is 11.1 Å². The number of hydrogen-bond acceptors (Lipinski definition) is 2. The van der Waals surface area contributed by atoms with Gasteiger partial charge in [-0.15, -0.1) is 24.0 Å². The number of aliphatic imine (C=N–C) groups is 1. The van der Waals surface area contributed by atoms with Gasteiger partial charge in [0.2, 0.25) is 0 Å². The van der Waals surface area contributed by atoms with Crippen molar-refractivity contribution in [3.63, 3.8) is 0 Å². The van der Waals surface area contributed by atoms with Crippen LogP contribution in [-0.4, -0.2) is 25.5 Å². The second-order valence-corrected chi connectivity index (χ2v) is 6.56. The van der Waals surface area contributed by atoms with Gasteiger partial charge in [-0.1, -0.05) is 55.3 Å². The lowest BCUT2D eigenvalue weighted by molar-refractivity contribution is 0.0963. The van der Waals surface area contributed by atoms with Gasteiger partial charge in [-0.3, -0.25) is 4.79 Å². The molecule has 0 fully saturated rings. The van der Waals surface area contributed by atoms with Gasteiger partial charge in [-0.2, -0.15) is 0 Å². The van der Waals surface area contributed by atoms with E-state index < -0.39 is 0 Å². The summed E-state index contributed by atoms with van der Waals surface area (Å²) >= 11 is 0. The van der Waals surface area contributed by atoms with Crippen LogP contribution in [0.4, 0.5) is 0 Å². The van der Waals surface area contributed by atoms with Crippen LogP contribution >= 0.6 is 24.0 Å². The van der Waals surface area contributed by atoms with E-state index in [-0.39, 0.29) is 29.9 Å². The Labute approximate surface area is 185 Å². The Bertz CT molecular complexity index is 742. The van der Waals surface area contributed by atoms with Crippen molar-refractivity contribution in [2.45, 2.75) is 39.8 Å². The van der Waals surface area contributed by atoms with Gasteiger partial charge in [0.15, 0.2) is 5.96 Å². The molecule has 0 aliphatic rings. The van der Waals surface area contributed by atoms with E-state index in [9.17, 15) is 4.79 Å². The molecule has 28 heavy (non-hydrogen) atoms. The Balaban J connectivity index is 0.00000392. The minimum absolute atomic E-state index is 0. The van der Waals surface area contributed by atoms with Gasteiger partial charge in [-0.25, -0.2) is 4.99 Å². The number of aryl methyl sites for hydroxylation is 1. The number of amides is 1. The minimum Gasteiger partial charge on any atom is -0.356 e. The first-order chi connectivity index (χ1) is 13.1. The number of halogens is 1. The second kappa shape index (κ2) is 13.1. The van der Waals surface area contributed by atoms with Crippen molar-refractivity contribution in [1.82, 2.24) is 16.0 Å². The number of carbonyl (C=O) groups is 1. The molecular weight excluding hydrogens is 463 g/mol. The Hall–Kier alpha value is -2.09. The molecule has 2 aromatic carbocycles. The fraction of sp³-hybridized carbons (Fsp3) is 0.364. The molecule has 6 heteroatoms. The molecule has 0 spiro atoms. The Kier molecular flexibility index (Phi) is 11.2. The number of carbonyl (C=O) groups excluding carboxylic acids is 1. The number of unbranched alkanes of at least 4 members (excludes halogenated alkanes) is 1. The maximum Gasteiger partial charge on any atom is 0.251 e. The molecule has 1 amide bonds. The van der Waals surface area contributed by atoms with Gasteiger partial charge in [0, 0.05) is 25.7 Å². The van der Waals surface area contributed by atoms with Crippen LogP contribution in [0.2, 0.25) is 0 Å². The number of nitrogens with zero attached hydrogens (tertiary/aromatic N) is 1. The highest BCUT2D eigenvalue weighted by atomic mass is 127. The van der Waals surface area contributed by atoms with Crippen LogP contribution in [-0.2, 0) is 13.1 Å². The monoisotopic (exact) mass is 494 g/mol. The summed E-state index contributed by atoms with van der Waals surface area (Å²) in [5, 5.41) is 9.41. The van der Waals surface area contributed by atoms with Crippen molar-refractivity contribution >= 4 is 35.8 Å².